The maximum atomic E-state index is 12.7. The first-order valence-electron chi connectivity index (χ1n) is 21.9. The molecule has 0 saturated carbocycles. The molecule has 0 spiro atoms. The first kappa shape index (κ1) is 48.9. The molecule has 0 bridgehead atoms. The Bertz CT molecular complexity index is 835. The zero-order valence-corrected chi connectivity index (χ0v) is 33.9. The second-order valence-electron chi connectivity index (χ2n) is 14.6. The minimum Gasteiger partial charge on any atom is -0.462 e. The van der Waals surface area contributed by atoms with Gasteiger partial charge in [-0.05, 0) is 38.5 Å². The van der Waals surface area contributed by atoms with Crippen molar-refractivity contribution in [2.75, 3.05) is 13.2 Å². The van der Waals surface area contributed by atoms with Crippen LogP contribution in [0.25, 0.3) is 0 Å². The molecule has 0 heterocycles. The van der Waals surface area contributed by atoms with Gasteiger partial charge in [0.15, 0.2) is 6.10 Å². The average molecular weight is 719 g/mol. The van der Waals surface area contributed by atoms with E-state index in [4.69, 9.17) is 14.2 Å². The average Bonchev–Trinajstić information content (AvgIpc) is 3.12. The molecular weight excluding hydrogens is 636 g/mol. The molecule has 0 fully saturated rings. The predicted molar refractivity (Wildman–Crippen MR) is 215 cm³/mol. The highest BCUT2D eigenvalue weighted by Gasteiger charge is 2.19. The summed E-state index contributed by atoms with van der Waals surface area (Å²) < 4.78 is 16.6. The Labute approximate surface area is 315 Å². The molecule has 298 valence electrons. The van der Waals surface area contributed by atoms with Crippen LogP contribution in [0.15, 0.2) is 24.3 Å². The molecule has 0 rings (SSSR count). The highest BCUT2D eigenvalue weighted by atomic mass is 16.6. The summed E-state index contributed by atoms with van der Waals surface area (Å²) in [7, 11) is 0. The second-order valence-corrected chi connectivity index (χ2v) is 14.6. The van der Waals surface area contributed by atoms with Gasteiger partial charge in [-0.2, -0.15) is 0 Å². The van der Waals surface area contributed by atoms with Crippen LogP contribution in [0.3, 0.4) is 0 Å². The minimum atomic E-state index is -0.772. The molecule has 0 radical (unpaired) electrons. The molecule has 0 amide bonds. The molecule has 0 aromatic heterocycles. The lowest BCUT2D eigenvalue weighted by molar-refractivity contribution is -0.167. The maximum absolute atomic E-state index is 12.7. The van der Waals surface area contributed by atoms with Crippen molar-refractivity contribution in [3.8, 4) is 0 Å². The summed E-state index contributed by atoms with van der Waals surface area (Å²) in [5, 5.41) is 0. The third-order valence-corrected chi connectivity index (χ3v) is 9.49. The Morgan fingerprint density at radius 3 is 1.10 bits per heavy atom. The monoisotopic (exact) mass is 719 g/mol. The van der Waals surface area contributed by atoms with E-state index in [-0.39, 0.29) is 31.1 Å². The number of ether oxygens (including phenoxy) is 3. The van der Waals surface area contributed by atoms with E-state index in [1.165, 1.54) is 116 Å². The fourth-order valence-corrected chi connectivity index (χ4v) is 6.12. The number of esters is 3. The van der Waals surface area contributed by atoms with E-state index in [9.17, 15) is 14.4 Å². The summed E-state index contributed by atoms with van der Waals surface area (Å²) in [4.78, 5) is 37.6. The predicted octanol–water partition coefficient (Wildman–Crippen LogP) is 13.6. The van der Waals surface area contributed by atoms with Gasteiger partial charge in [-0.1, -0.05) is 193 Å². The molecule has 51 heavy (non-hydrogen) atoms. The van der Waals surface area contributed by atoms with Crippen LogP contribution in [0.4, 0.5) is 0 Å². The molecule has 0 aliphatic carbocycles. The van der Waals surface area contributed by atoms with E-state index >= 15 is 0 Å². The summed E-state index contributed by atoms with van der Waals surface area (Å²) in [6, 6.07) is 0. The van der Waals surface area contributed by atoms with Crippen LogP contribution in [0, 0.1) is 0 Å². The molecule has 0 aliphatic rings. The fraction of sp³-hybridized carbons (Fsp3) is 0.844. The van der Waals surface area contributed by atoms with Crippen molar-refractivity contribution in [3.05, 3.63) is 24.3 Å². The minimum absolute atomic E-state index is 0.0760. The van der Waals surface area contributed by atoms with Gasteiger partial charge >= 0.3 is 17.9 Å². The van der Waals surface area contributed by atoms with Crippen molar-refractivity contribution < 1.29 is 28.6 Å². The molecule has 6 nitrogen and oxygen atoms in total. The highest BCUT2D eigenvalue weighted by Crippen LogP contribution is 2.14. The molecule has 6 heteroatoms. The third-order valence-electron chi connectivity index (χ3n) is 9.49. The Morgan fingerprint density at radius 1 is 0.392 bits per heavy atom. The van der Waals surface area contributed by atoms with E-state index in [2.05, 4.69) is 45.1 Å². The van der Waals surface area contributed by atoms with Crippen molar-refractivity contribution >= 4 is 17.9 Å². The van der Waals surface area contributed by atoms with Crippen molar-refractivity contribution in [2.45, 2.75) is 232 Å². The fourth-order valence-electron chi connectivity index (χ4n) is 6.12. The van der Waals surface area contributed by atoms with Gasteiger partial charge in [0.05, 0.1) is 0 Å². The zero-order valence-electron chi connectivity index (χ0n) is 33.9. The van der Waals surface area contributed by atoms with E-state index in [1.54, 1.807) is 0 Å². The van der Waals surface area contributed by atoms with Gasteiger partial charge in [-0.25, -0.2) is 0 Å². The molecule has 0 aromatic rings. The normalized spacial score (nSPS) is 12.1. The molecule has 0 N–H and O–H groups in total. The van der Waals surface area contributed by atoms with Gasteiger partial charge in [0.2, 0.25) is 0 Å². The maximum Gasteiger partial charge on any atom is 0.306 e. The Morgan fingerprint density at radius 2 is 0.706 bits per heavy atom. The Hall–Kier alpha value is -2.11. The smallest absolute Gasteiger partial charge is 0.306 e. The molecule has 0 aliphatic heterocycles. The van der Waals surface area contributed by atoms with Gasteiger partial charge in [0.25, 0.3) is 0 Å². The molecule has 1 atom stereocenters. The summed E-state index contributed by atoms with van der Waals surface area (Å²) >= 11 is 0. The van der Waals surface area contributed by atoms with Crippen molar-refractivity contribution in [3.63, 3.8) is 0 Å². The van der Waals surface area contributed by atoms with Crippen molar-refractivity contribution in [1.82, 2.24) is 0 Å². The first-order chi connectivity index (χ1) is 25.0. The Balaban J connectivity index is 4.39. The quantitative estimate of drug-likeness (QED) is 0.0272. The number of allylic oxidation sites excluding steroid dienone is 4. The second kappa shape index (κ2) is 40.7. The van der Waals surface area contributed by atoms with Gasteiger partial charge in [0, 0.05) is 19.3 Å². The molecular formula is C45H82O6. The van der Waals surface area contributed by atoms with Gasteiger partial charge < -0.3 is 14.2 Å². The van der Waals surface area contributed by atoms with Gasteiger partial charge in [-0.3, -0.25) is 14.4 Å². The zero-order chi connectivity index (χ0) is 37.3. The van der Waals surface area contributed by atoms with Crippen molar-refractivity contribution in [2.24, 2.45) is 0 Å². The van der Waals surface area contributed by atoms with Crippen LogP contribution in [0.2, 0.25) is 0 Å². The third kappa shape index (κ3) is 38.9. The lowest BCUT2D eigenvalue weighted by Gasteiger charge is -2.18. The number of rotatable bonds is 39. The summed E-state index contributed by atoms with van der Waals surface area (Å²) in [6.45, 7) is 6.54. The largest absolute Gasteiger partial charge is 0.462 e. The Kier molecular flexibility index (Phi) is 39.0. The SMILES string of the molecule is CCCC/C=C\C=C/CCCCCC(=O)OCC(COC(=O)CCCCCCCCCCCCC)OC(=O)CCCCCCCCCCCCC. The first-order valence-corrected chi connectivity index (χ1v) is 21.9. The lowest BCUT2D eigenvalue weighted by Crippen LogP contribution is -2.30. The standard InChI is InChI=1S/C45H82O6/c1-4-7-10-13-16-19-22-25-28-31-34-37-43(46)49-40-42(51-45(48)39-36-33-30-27-24-21-18-15-12-9-6-3)41-50-44(47)38-35-32-29-26-23-20-17-14-11-8-5-2/h13,16,19,22,42H,4-12,14-15,17-18,20-21,23-41H2,1-3H3/b16-13-,22-19-. The summed E-state index contributed by atoms with van der Waals surface area (Å²) in [5.41, 5.74) is 0. The van der Waals surface area contributed by atoms with E-state index in [1.807, 2.05) is 0 Å². The van der Waals surface area contributed by atoms with Crippen LogP contribution in [-0.2, 0) is 28.6 Å². The van der Waals surface area contributed by atoms with Crippen LogP contribution in [-0.4, -0.2) is 37.2 Å². The number of unbranched alkanes of at least 4 members (excludes halogenated alkanes) is 25. The lowest BCUT2D eigenvalue weighted by atomic mass is 10.1. The highest BCUT2D eigenvalue weighted by molar-refractivity contribution is 5.71. The number of carbonyl (C=O) groups is 3. The van der Waals surface area contributed by atoms with E-state index in [0.29, 0.717) is 19.3 Å². The molecule has 0 saturated heterocycles. The van der Waals surface area contributed by atoms with Crippen molar-refractivity contribution in [1.29, 1.82) is 0 Å². The van der Waals surface area contributed by atoms with Crippen LogP contribution < -0.4 is 0 Å². The summed E-state index contributed by atoms with van der Waals surface area (Å²) in [6.07, 6.45) is 43.0. The van der Waals surface area contributed by atoms with Gasteiger partial charge in [-0.15, -0.1) is 0 Å². The van der Waals surface area contributed by atoms with Crippen LogP contribution >= 0.6 is 0 Å². The van der Waals surface area contributed by atoms with Crippen LogP contribution in [0.5, 0.6) is 0 Å². The van der Waals surface area contributed by atoms with Crippen LogP contribution in [0.1, 0.15) is 226 Å². The number of hydrogen-bond acceptors (Lipinski definition) is 6. The van der Waals surface area contributed by atoms with Gasteiger partial charge in [0.1, 0.15) is 13.2 Å². The number of carbonyl (C=O) groups excluding carboxylic acids is 3. The molecule has 0 aromatic carbocycles. The van der Waals surface area contributed by atoms with E-state index in [0.717, 1.165) is 70.6 Å². The summed E-state index contributed by atoms with van der Waals surface area (Å²) in [5.74, 6) is -0.904. The topological polar surface area (TPSA) is 78.9 Å². The number of hydrogen-bond donors (Lipinski definition) is 0. The molecule has 1 unspecified atom stereocenters. The van der Waals surface area contributed by atoms with E-state index < -0.39 is 6.10 Å².